The van der Waals surface area contributed by atoms with Crippen LogP contribution in [0.4, 0.5) is 0 Å². The van der Waals surface area contributed by atoms with Gasteiger partial charge in [-0.3, -0.25) is 0 Å². The van der Waals surface area contributed by atoms with Crippen LogP contribution in [-0.4, -0.2) is 42.7 Å². The largest absolute Gasteiger partial charge is 0.493 e. The molecule has 1 N–H and O–H groups in total. The monoisotopic (exact) mass is 398 g/mol. The molecule has 1 saturated heterocycles. The maximum Gasteiger partial charge on any atom is 0.209 e. The van der Waals surface area contributed by atoms with Gasteiger partial charge in [0.25, 0.3) is 0 Å². The zero-order valence-electron chi connectivity index (χ0n) is 16.8. The Morgan fingerprint density at radius 1 is 1.25 bits per heavy atom. The first kappa shape index (κ1) is 18.0. The summed E-state index contributed by atoms with van der Waals surface area (Å²) in [6.07, 6.45) is 2.89. The van der Waals surface area contributed by atoms with Gasteiger partial charge in [0.15, 0.2) is 11.5 Å². The van der Waals surface area contributed by atoms with Crippen molar-refractivity contribution in [1.29, 1.82) is 0 Å². The van der Waals surface area contributed by atoms with E-state index in [0.717, 1.165) is 43.9 Å². The average molecular weight is 399 g/mol. The molecule has 5 rings (SSSR count). The van der Waals surface area contributed by atoms with E-state index in [9.17, 15) is 0 Å². The van der Waals surface area contributed by atoms with Crippen LogP contribution in [-0.2, 0) is 0 Å². The van der Waals surface area contributed by atoms with Crippen molar-refractivity contribution in [3.63, 3.8) is 0 Å². The molecule has 6 heteroatoms. The van der Waals surface area contributed by atoms with E-state index >= 15 is 0 Å². The molecule has 5 nitrogen and oxygen atoms in total. The highest BCUT2D eigenvalue weighted by molar-refractivity contribution is 7.12. The number of piperidine rings is 1. The number of para-hydroxylation sites is 1. The van der Waals surface area contributed by atoms with E-state index in [4.69, 9.17) is 14.6 Å². The van der Waals surface area contributed by atoms with Crippen molar-refractivity contribution in [1.82, 2.24) is 5.01 Å². The van der Waals surface area contributed by atoms with E-state index in [2.05, 4.69) is 48.5 Å². The molecule has 0 bridgehead atoms. The number of methoxy groups -OCH3 is 1. The highest BCUT2D eigenvalue weighted by atomic mass is 32.1. The SMILES string of the molecule is COc1cccc2c1OC1(CC[NH+](C(C)C)CC1)N1N=C(c3cccs3)C[C@@H]21. The molecule has 1 atom stereocenters. The molecular formula is C22H28N3O2S+. The van der Waals surface area contributed by atoms with E-state index in [0.29, 0.717) is 6.04 Å². The van der Waals surface area contributed by atoms with E-state index < -0.39 is 0 Å². The molecule has 1 spiro atoms. The number of likely N-dealkylation sites (tertiary alicyclic amines) is 1. The van der Waals surface area contributed by atoms with Crippen molar-refractivity contribution in [3.8, 4) is 11.5 Å². The third kappa shape index (κ3) is 2.73. The molecule has 1 aromatic heterocycles. The first-order valence-electron chi connectivity index (χ1n) is 10.2. The number of benzene rings is 1. The topological polar surface area (TPSA) is 38.5 Å². The van der Waals surface area contributed by atoms with Crippen LogP contribution in [0.15, 0.2) is 40.8 Å². The summed E-state index contributed by atoms with van der Waals surface area (Å²) in [5.74, 6) is 1.75. The summed E-state index contributed by atoms with van der Waals surface area (Å²) in [4.78, 5) is 2.91. The van der Waals surface area contributed by atoms with E-state index in [1.807, 2.05) is 6.07 Å². The Labute approximate surface area is 170 Å². The lowest BCUT2D eigenvalue weighted by Gasteiger charge is -2.50. The Morgan fingerprint density at radius 2 is 2.07 bits per heavy atom. The number of rotatable bonds is 3. The molecular weight excluding hydrogens is 370 g/mol. The Kier molecular flexibility index (Phi) is 4.36. The van der Waals surface area contributed by atoms with Gasteiger partial charge >= 0.3 is 0 Å². The van der Waals surface area contributed by atoms with E-state index in [-0.39, 0.29) is 11.8 Å². The molecule has 0 unspecified atom stereocenters. The fourth-order valence-corrected chi connectivity index (χ4v) is 5.61. The van der Waals surface area contributed by atoms with Crippen molar-refractivity contribution < 1.29 is 14.4 Å². The molecule has 0 amide bonds. The predicted molar refractivity (Wildman–Crippen MR) is 111 cm³/mol. The van der Waals surface area contributed by atoms with Crippen LogP contribution in [0.25, 0.3) is 0 Å². The molecule has 3 aliphatic rings. The number of hydrogen-bond donors (Lipinski definition) is 1. The standard InChI is InChI=1S/C22H27N3O2S/c1-15(2)24-11-9-22(10-12-24)25-18(14-17(23-25)20-8-5-13-28-20)16-6-4-7-19(26-3)21(16)27-22/h4-8,13,15,18H,9-12,14H2,1-3H3/p+1/t18-/m0/s1. The Morgan fingerprint density at radius 3 is 2.75 bits per heavy atom. The van der Waals surface area contributed by atoms with Gasteiger partial charge in [0.1, 0.15) is 0 Å². The first-order valence-corrected chi connectivity index (χ1v) is 11.1. The highest BCUT2D eigenvalue weighted by Gasteiger charge is 2.53. The van der Waals surface area contributed by atoms with Crippen LogP contribution in [0.3, 0.4) is 0 Å². The summed E-state index contributed by atoms with van der Waals surface area (Å²) in [5, 5.41) is 9.56. The summed E-state index contributed by atoms with van der Waals surface area (Å²) < 4.78 is 12.4. The predicted octanol–water partition coefficient (Wildman–Crippen LogP) is 3.08. The average Bonchev–Trinajstić information content (AvgIpc) is 3.38. The number of nitrogens with one attached hydrogen (secondary N) is 1. The van der Waals surface area contributed by atoms with Crippen LogP contribution in [0.1, 0.15) is 49.6 Å². The van der Waals surface area contributed by atoms with Crippen LogP contribution in [0.5, 0.6) is 11.5 Å². The van der Waals surface area contributed by atoms with Crippen molar-refractivity contribution in [2.75, 3.05) is 20.2 Å². The lowest BCUT2D eigenvalue weighted by molar-refractivity contribution is -0.929. The summed E-state index contributed by atoms with van der Waals surface area (Å²) in [5.41, 5.74) is 2.00. The summed E-state index contributed by atoms with van der Waals surface area (Å²) >= 11 is 1.77. The van der Waals surface area contributed by atoms with Crippen LogP contribution >= 0.6 is 11.3 Å². The fourth-order valence-electron chi connectivity index (χ4n) is 4.89. The van der Waals surface area contributed by atoms with E-state index in [1.54, 1.807) is 23.3 Å². The second-order valence-electron chi connectivity index (χ2n) is 8.33. The molecule has 0 aliphatic carbocycles. The minimum absolute atomic E-state index is 0.219. The molecule has 3 aliphatic heterocycles. The van der Waals surface area contributed by atoms with Gasteiger partial charge in [-0.15, -0.1) is 11.3 Å². The lowest BCUT2D eigenvalue weighted by Crippen LogP contribution is -3.16. The maximum atomic E-state index is 6.77. The number of hydrogen-bond acceptors (Lipinski definition) is 5. The molecule has 28 heavy (non-hydrogen) atoms. The van der Waals surface area contributed by atoms with Gasteiger partial charge in [0, 0.05) is 12.0 Å². The van der Waals surface area contributed by atoms with Gasteiger partial charge in [0.05, 0.1) is 55.7 Å². The Balaban J connectivity index is 1.57. The van der Waals surface area contributed by atoms with Gasteiger partial charge < -0.3 is 14.4 Å². The van der Waals surface area contributed by atoms with Crippen LogP contribution in [0.2, 0.25) is 0 Å². The zero-order valence-corrected chi connectivity index (χ0v) is 17.6. The summed E-state index contributed by atoms with van der Waals surface area (Å²) in [6, 6.07) is 11.4. The molecule has 2 aromatic rings. The van der Waals surface area contributed by atoms with Crippen molar-refractivity contribution in [2.24, 2.45) is 5.10 Å². The minimum Gasteiger partial charge on any atom is -0.493 e. The summed E-state index contributed by atoms with van der Waals surface area (Å²) in [7, 11) is 1.73. The van der Waals surface area contributed by atoms with Crippen molar-refractivity contribution >= 4 is 17.0 Å². The number of ether oxygens (including phenoxy) is 2. The normalized spacial score (nSPS) is 28.7. The molecule has 1 aromatic carbocycles. The number of hydrazone groups is 1. The first-order chi connectivity index (χ1) is 13.6. The number of nitrogens with zero attached hydrogens (tertiary/aromatic N) is 2. The molecule has 4 heterocycles. The maximum absolute atomic E-state index is 6.77. The van der Waals surface area contributed by atoms with Gasteiger partial charge in [0.2, 0.25) is 5.72 Å². The Bertz CT molecular complexity index is 885. The van der Waals surface area contributed by atoms with Crippen molar-refractivity contribution in [2.45, 2.75) is 50.9 Å². The second-order valence-corrected chi connectivity index (χ2v) is 9.28. The van der Waals surface area contributed by atoms with Gasteiger partial charge in [-0.05, 0) is 31.4 Å². The fraction of sp³-hybridized carbons (Fsp3) is 0.500. The quantitative estimate of drug-likeness (QED) is 0.864. The summed E-state index contributed by atoms with van der Waals surface area (Å²) in [6.45, 7) is 6.82. The number of fused-ring (bicyclic) bond motifs is 4. The third-order valence-corrected chi connectivity index (χ3v) is 7.42. The van der Waals surface area contributed by atoms with Gasteiger partial charge in [-0.25, -0.2) is 5.01 Å². The number of thiophene rings is 1. The molecule has 0 radical (unpaired) electrons. The van der Waals surface area contributed by atoms with Crippen LogP contribution in [0, 0.1) is 0 Å². The van der Waals surface area contributed by atoms with Gasteiger partial charge in [-0.2, -0.15) is 5.10 Å². The highest BCUT2D eigenvalue weighted by Crippen LogP contribution is 2.52. The zero-order chi connectivity index (χ0) is 19.3. The molecule has 0 saturated carbocycles. The smallest absolute Gasteiger partial charge is 0.209 e. The Hall–Kier alpha value is -2.05. The minimum atomic E-state index is -0.371. The molecule has 1 fully saturated rings. The molecule has 148 valence electrons. The second kappa shape index (κ2) is 6.78. The number of quaternary nitrogens is 1. The van der Waals surface area contributed by atoms with Crippen molar-refractivity contribution in [3.05, 3.63) is 46.2 Å². The van der Waals surface area contributed by atoms with Gasteiger partial charge in [-0.1, -0.05) is 18.2 Å². The van der Waals surface area contributed by atoms with Crippen LogP contribution < -0.4 is 14.4 Å². The van der Waals surface area contributed by atoms with E-state index in [1.165, 1.54) is 16.2 Å². The lowest BCUT2D eigenvalue weighted by atomic mass is 9.90. The third-order valence-electron chi connectivity index (χ3n) is 6.50.